The van der Waals surface area contributed by atoms with Crippen molar-refractivity contribution in [3.63, 3.8) is 0 Å². The molecule has 0 amide bonds. The number of rotatable bonds is 6. The van der Waals surface area contributed by atoms with Crippen molar-refractivity contribution in [1.29, 1.82) is 0 Å². The Hall–Kier alpha value is -0.870. The highest BCUT2D eigenvalue weighted by Gasteiger charge is 2.44. The molecule has 1 atom stereocenters. The Kier molecular flexibility index (Phi) is 9.12. The van der Waals surface area contributed by atoms with Crippen LogP contribution in [0.4, 0.5) is 13.2 Å². The largest absolute Gasteiger partial charge is 0.522 e. The summed E-state index contributed by atoms with van der Waals surface area (Å²) in [6.45, 7) is 5.54. The van der Waals surface area contributed by atoms with Gasteiger partial charge in [-0.05, 0) is 6.42 Å². The average molecular weight is 338 g/mol. The molecule has 3 N–H and O–H groups in total. The molecule has 0 radical (unpaired) electrons. The molecule has 10 heteroatoms. The summed E-state index contributed by atoms with van der Waals surface area (Å²) in [5.74, 6) is -1.23. The Balaban J connectivity index is 0. The van der Waals surface area contributed by atoms with Crippen LogP contribution in [-0.2, 0) is 14.9 Å². The third-order valence-electron chi connectivity index (χ3n) is 2.79. The number of unbranched alkanes of at least 4 members (excludes halogenated alkanes) is 1. The van der Waals surface area contributed by atoms with Gasteiger partial charge in [0.1, 0.15) is 0 Å². The van der Waals surface area contributed by atoms with Crippen LogP contribution in [0.5, 0.6) is 0 Å². The molecule has 0 bridgehead atoms. The number of halogens is 3. The van der Waals surface area contributed by atoms with Crippen molar-refractivity contribution in [3.8, 4) is 0 Å². The second-order valence-corrected chi connectivity index (χ2v) is 6.51. The third-order valence-corrected chi connectivity index (χ3v) is 3.37. The summed E-state index contributed by atoms with van der Waals surface area (Å²) >= 11 is 0. The third kappa shape index (κ3) is 8.89. The van der Waals surface area contributed by atoms with Crippen molar-refractivity contribution in [2.45, 2.75) is 45.5 Å². The molecule has 128 valence electrons. The zero-order valence-electron chi connectivity index (χ0n) is 12.0. The summed E-state index contributed by atoms with van der Waals surface area (Å²) in [6.07, 6.45) is 2.55. The first-order valence-corrected chi connectivity index (χ1v) is 7.52. The smallest absolute Gasteiger partial charge is 0.481 e. The highest BCUT2D eigenvalue weighted by atomic mass is 32.2. The van der Waals surface area contributed by atoms with E-state index < -0.39 is 32.9 Å². The molecule has 0 fully saturated rings. The molecule has 0 aliphatic heterocycles. The van der Waals surface area contributed by atoms with Crippen LogP contribution in [0.25, 0.3) is 0 Å². The Labute approximate surface area is 121 Å². The van der Waals surface area contributed by atoms with Crippen LogP contribution in [0.15, 0.2) is 0 Å². The number of carbonyl (C=O) groups is 1. The van der Waals surface area contributed by atoms with Gasteiger partial charge < -0.3 is 10.2 Å². The molecule has 0 spiro atoms. The highest BCUT2D eigenvalue weighted by molar-refractivity contribution is 7.86. The van der Waals surface area contributed by atoms with Gasteiger partial charge in [-0.3, -0.25) is 9.35 Å². The minimum atomic E-state index is -5.84. The lowest BCUT2D eigenvalue weighted by Gasteiger charge is -2.29. The molecule has 0 aromatic carbocycles. The molecule has 0 saturated heterocycles. The van der Waals surface area contributed by atoms with Gasteiger partial charge in [-0.2, -0.15) is 21.6 Å². The maximum Gasteiger partial charge on any atom is 0.522 e. The first-order chi connectivity index (χ1) is 9.20. The van der Waals surface area contributed by atoms with E-state index in [9.17, 15) is 18.0 Å². The minimum Gasteiger partial charge on any atom is -0.481 e. The van der Waals surface area contributed by atoms with Crippen LogP contribution in [0.3, 0.4) is 0 Å². The summed E-state index contributed by atoms with van der Waals surface area (Å²) in [6, 6.07) is 0. The maximum absolute atomic E-state index is 10.9. The average Bonchev–Trinajstić information content (AvgIpc) is 2.27. The van der Waals surface area contributed by atoms with E-state index in [-0.39, 0.29) is 6.61 Å². The minimum absolute atomic E-state index is 0.0757. The van der Waals surface area contributed by atoms with Gasteiger partial charge in [0.25, 0.3) is 0 Å². The van der Waals surface area contributed by atoms with Crippen molar-refractivity contribution >= 4 is 16.1 Å². The molecule has 0 saturated carbocycles. The monoisotopic (exact) mass is 338 g/mol. The first-order valence-electron chi connectivity index (χ1n) is 6.08. The molecule has 0 aromatic heterocycles. The van der Waals surface area contributed by atoms with Gasteiger partial charge in [0.15, 0.2) is 0 Å². The second kappa shape index (κ2) is 8.54. The summed E-state index contributed by atoms with van der Waals surface area (Å²) in [4.78, 5) is 10.9. The van der Waals surface area contributed by atoms with Crippen molar-refractivity contribution in [3.05, 3.63) is 0 Å². The van der Waals surface area contributed by atoms with Gasteiger partial charge >= 0.3 is 21.6 Å². The second-order valence-electron chi connectivity index (χ2n) is 5.10. The Morgan fingerprint density at radius 1 is 1.24 bits per heavy atom. The van der Waals surface area contributed by atoms with Crippen LogP contribution in [0.1, 0.15) is 40.0 Å². The zero-order valence-corrected chi connectivity index (χ0v) is 12.8. The van der Waals surface area contributed by atoms with E-state index in [0.29, 0.717) is 6.42 Å². The molecule has 0 aliphatic rings. The Morgan fingerprint density at radius 2 is 1.62 bits per heavy atom. The molecule has 0 aliphatic carbocycles. The predicted molar refractivity (Wildman–Crippen MR) is 69.1 cm³/mol. The molecule has 21 heavy (non-hydrogen) atoms. The Bertz CT molecular complexity index is 416. The topological polar surface area (TPSA) is 112 Å². The molecule has 1 unspecified atom stereocenters. The van der Waals surface area contributed by atoms with Gasteiger partial charge in [-0.25, -0.2) is 0 Å². The van der Waals surface area contributed by atoms with Crippen molar-refractivity contribution < 1.29 is 41.1 Å². The van der Waals surface area contributed by atoms with Crippen LogP contribution in [-0.4, -0.2) is 41.3 Å². The van der Waals surface area contributed by atoms with Crippen LogP contribution < -0.4 is 0 Å². The lowest BCUT2D eigenvalue weighted by Crippen LogP contribution is -2.33. The van der Waals surface area contributed by atoms with E-state index in [1.54, 1.807) is 13.8 Å². The number of aliphatic hydroxyl groups excluding tert-OH is 1. The van der Waals surface area contributed by atoms with Crippen molar-refractivity contribution in [2.75, 3.05) is 6.61 Å². The molecular formula is C11H21F3O6S. The normalized spacial score (nSPS) is 14.1. The fraction of sp³-hybridized carbons (Fsp3) is 0.909. The van der Waals surface area contributed by atoms with Gasteiger partial charge in [0, 0.05) is 12.0 Å². The summed E-state index contributed by atoms with van der Waals surface area (Å²) in [5.41, 5.74) is -6.05. The van der Waals surface area contributed by atoms with E-state index in [0.717, 1.165) is 12.8 Å². The molecule has 0 heterocycles. The lowest BCUT2D eigenvalue weighted by atomic mass is 9.77. The van der Waals surface area contributed by atoms with Gasteiger partial charge in [-0.1, -0.05) is 33.6 Å². The number of carboxylic acid groups (broad SMARTS) is 1. The van der Waals surface area contributed by atoms with Crippen LogP contribution in [0.2, 0.25) is 0 Å². The number of alkyl halides is 3. The number of aliphatic hydroxyl groups is 1. The fourth-order valence-electron chi connectivity index (χ4n) is 1.37. The summed E-state index contributed by atoms with van der Waals surface area (Å²) in [7, 11) is -5.84. The van der Waals surface area contributed by atoms with Gasteiger partial charge in [-0.15, -0.1) is 0 Å². The Morgan fingerprint density at radius 3 is 1.81 bits per heavy atom. The quantitative estimate of drug-likeness (QED) is 0.506. The fourth-order valence-corrected chi connectivity index (χ4v) is 1.37. The van der Waals surface area contributed by atoms with E-state index in [1.165, 1.54) is 0 Å². The summed E-state index contributed by atoms with van der Waals surface area (Å²) < 4.78 is 57.5. The zero-order chi connectivity index (χ0) is 17.5. The van der Waals surface area contributed by atoms with Gasteiger partial charge in [0.2, 0.25) is 0 Å². The predicted octanol–water partition coefficient (Wildman–Crippen LogP) is 2.29. The number of hydrogen-bond acceptors (Lipinski definition) is 4. The van der Waals surface area contributed by atoms with Gasteiger partial charge in [0.05, 0.1) is 5.92 Å². The molecule has 0 aromatic rings. The van der Waals surface area contributed by atoms with E-state index in [2.05, 4.69) is 0 Å². The number of aliphatic carboxylic acids is 1. The number of carboxylic acids is 1. The molecule has 0 rings (SSSR count). The standard InChI is InChI=1S/C10H20O3.CHF3O3S/c1-4-5-6-8(9(12)13)10(2,3)7-11;2-1(3,4)8(5,6)7/h8,11H,4-7H2,1-3H3,(H,12,13);(H,5,6,7). The van der Waals surface area contributed by atoms with E-state index >= 15 is 0 Å². The lowest BCUT2D eigenvalue weighted by molar-refractivity contribution is -0.147. The molecule has 6 nitrogen and oxygen atoms in total. The van der Waals surface area contributed by atoms with E-state index in [1.807, 2.05) is 6.92 Å². The SMILES string of the molecule is CCCCC(C(=O)O)C(C)(C)CO.O=S(=O)(O)C(F)(F)F. The van der Waals surface area contributed by atoms with Crippen LogP contribution in [0, 0.1) is 11.3 Å². The van der Waals surface area contributed by atoms with E-state index in [4.69, 9.17) is 23.2 Å². The summed E-state index contributed by atoms with van der Waals surface area (Å²) in [5, 5.41) is 18.0. The van der Waals surface area contributed by atoms with Crippen molar-refractivity contribution in [2.24, 2.45) is 11.3 Å². The number of hydrogen-bond donors (Lipinski definition) is 3. The first kappa shape index (κ1) is 22.4. The molecular weight excluding hydrogens is 317 g/mol. The van der Waals surface area contributed by atoms with Crippen molar-refractivity contribution in [1.82, 2.24) is 0 Å². The van der Waals surface area contributed by atoms with Crippen LogP contribution >= 0.6 is 0 Å². The highest BCUT2D eigenvalue weighted by Crippen LogP contribution is 2.30. The maximum atomic E-state index is 10.9.